The second-order valence-electron chi connectivity index (χ2n) is 3.97. The Balaban J connectivity index is 2.43. The molecule has 0 aliphatic heterocycles. The summed E-state index contributed by atoms with van der Waals surface area (Å²) in [5.74, 6) is 0. The summed E-state index contributed by atoms with van der Waals surface area (Å²) in [7, 11) is 0. The van der Waals surface area contributed by atoms with E-state index in [0.717, 1.165) is 0 Å². The van der Waals surface area contributed by atoms with Crippen molar-refractivity contribution in [1.82, 2.24) is 0 Å². The molecule has 1 aromatic carbocycles. The van der Waals surface area contributed by atoms with Gasteiger partial charge in [0.05, 0.1) is 0 Å². The van der Waals surface area contributed by atoms with Crippen molar-refractivity contribution in [2.75, 3.05) is 0 Å². The molecule has 0 aliphatic carbocycles. The zero-order valence-corrected chi connectivity index (χ0v) is 9.34. The molecule has 0 fully saturated rings. The van der Waals surface area contributed by atoms with Gasteiger partial charge in [-0.3, -0.25) is 0 Å². The van der Waals surface area contributed by atoms with Gasteiger partial charge in [0.25, 0.3) is 0 Å². The van der Waals surface area contributed by atoms with Crippen molar-refractivity contribution >= 4 is 11.3 Å². The monoisotopic (exact) mass is 202 g/mol. The molecule has 0 bridgehead atoms. The van der Waals surface area contributed by atoms with E-state index in [1.54, 1.807) is 0 Å². The van der Waals surface area contributed by atoms with Gasteiger partial charge in [-0.1, -0.05) is 50.2 Å². The van der Waals surface area contributed by atoms with Crippen molar-refractivity contribution in [3.05, 3.63) is 58.3 Å². The van der Waals surface area contributed by atoms with Crippen LogP contribution in [-0.4, -0.2) is 0 Å². The molecule has 0 amide bonds. The van der Waals surface area contributed by atoms with Crippen LogP contribution in [0.25, 0.3) is 0 Å². The average molecular weight is 202 g/mol. The maximum Gasteiger partial charge on any atom is 0.0240 e. The van der Waals surface area contributed by atoms with Crippen LogP contribution < -0.4 is 0 Å². The van der Waals surface area contributed by atoms with Gasteiger partial charge in [0.2, 0.25) is 0 Å². The van der Waals surface area contributed by atoms with Gasteiger partial charge in [0.1, 0.15) is 0 Å². The van der Waals surface area contributed by atoms with Gasteiger partial charge in [-0.15, -0.1) is 11.3 Å². The first-order chi connectivity index (χ1) is 6.71. The predicted molar refractivity (Wildman–Crippen MR) is 62.9 cm³/mol. The third kappa shape index (κ3) is 1.60. The van der Waals surface area contributed by atoms with Crippen molar-refractivity contribution in [2.24, 2.45) is 0 Å². The Hall–Kier alpha value is -1.08. The van der Waals surface area contributed by atoms with Crippen LogP contribution >= 0.6 is 11.3 Å². The Morgan fingerprint density at radius 1 is 0.929 bits per heavy atom. The van der Waals surface area contributed by atoms with E-state index >= 15 is 0 Å². The van der Waals surface area contributed by atoms with E-state index in [2.05, 4.69) is 61.7 Å². The van der Waals surface area contributed by atoms with Gasteiger partial charge < -0.3 is 0 Å². The van der Waals surface area contributed by atoms with E-state index in [1.165, 1.54) is 10.4 Å². The van der Waals surface area contributed by atoms with Crippen LogP contribution in [0.5, 0.6) is 0 Å². The lowest BCUT2D eigenvalue weighted by Gasteiger charge is -2.23. The molecule has 0 nitrogen and oxygen atoms in total. The largest absolute Gasteiger partial charge is 0.148 e. The summed E-state index contributed by atoms with van der Waals surface area (Å²) in [6.07, 6.45) is 0. The highest BCUT2D eigenvalue weighted by molar-refractivity contribution is 7.10. The first kappa shape index (κ1) is 9.47. The Morgan fingerprint density at radius 3 is 2.21 bits per heavy atom. The van der Waals surface area contributed by atoms with Gasteiger partial charge in [-0.25, -0.2) is 0 Å². The third-order valence-electron chi connectivity index (χ3n) is 2.63. The summed E-state index contributed by atoms with van der Waals surface area (Å²) in [6.45, 7) is 4.54. The van der Waals surface area contributed by atoms with E-state index in [9.17, 15) is 0 Å². The molecule has 1 aromatic heterocycles. The van der Waals surface area contributed by atoms with Crippen LogP contribution in [0.4, 0.5) is 0 Å². The van der Waals surface area contributed by atoms with Gasteiger partial charge in [0.15, 0.2) is 0 Å². The van der Waals surface area contributed by atoms with Crippen molar-refractivity contribution in [1.29, 1.82) is 0 Å². The molecular formula is C13H14S. The van der Waals surface area contributed by atoms with Crippen molar-refractivity contribution in [2.45, 2.75) is 19.3 Å². The Labute approximate surface area is 89.2 Å². The zero-order chi connectivity index (χ0) is 10.0. The quantitative estimate of drug-likeness (QED) is 0.688. The number of hydrogen-bond donors (Lipinski definition) is 0. The summed E-state index contributed by atoms with van der Waals surface area (Å²) in [5, 5.41) is 2.14. The fourth-order valence-electron chi connectivity index (χ4n) is 1.63. The lowest BCUT2D eigenvalue weighted by atomic mass is 9.83. The topological polar surface area (TPSA) is 0 Å². The molecule has 2 aromatic rings. The fraction of sp³-hybridized carbons (Fsp3) is 0.231. The van der Waals surface area contributed by atoms with Gasteiger partial charge in [0, 0.05) is 10.3 Å². The smallest absolute Gasteiger partial charge is 0.0240 e. The molecule has 0 radical (unpaired) electrons. The Kier molecular flexibility index (Phi) is 2.42. The van der Waals surface area contributed by atoms with E-state index in [-0.39, 0.29) is 5.41 Å². The molecule has 0 saturated carbocycles. The number of thiophene rings is 1. The first-order valence-corrected chi connectivity index (χ1v) is 5.69. The third-order valence-corrected chi connectivity index (χ3v) is 3.83. The Morgan fingerprint density at radius 2 is 1.64 bits per heavy atom. The van der Waals surface area contributed by atoms with E-state index in [1.807, 2.05) is 11.3 Å². The van der Waals surface area contributed by atoms with Crippen LogP contribution in [0, 0.1) is 0 Å². The normalized spacial score (nSPS) is 11.6. The van der Waals surface area contributed by atoms with E-state index < -0.39 is 0 Å². The van der Waals surface area contributed by atoms with Gasteiger partial charge >= 0.3 is 0 Å². The highest BCUT2D eigenvalue weighted by Gasteiger charge is 2.23. The lowest BCUT2D eigenvalue weighted by Crippen LogP contribution is -2.16. The average Bonchev–Trinajstić information content (AvgIpc) is 2.72. The first-order valence-electron chi connectivity index (χ1n) is 4.81. The van der Waals surface area contributed by atoms with Gasteiger partial charge in [-0.2, -0.15) is 0 Å². The number of rotatable bonds is 2. The molecule has 1 heterocycles. The standard InChI is InChI=1S/C13H14S/c1-13(2,12-9-6-10-14-12)11-7-4-3-5-8-11/h3-10H,1-2H3. The Bertz CT molecular complexity index is 384. The summed E-state index contributed by atoms with van der Waals surface area (Å²) < 4.78 is 0. The SMILES string of the molecule is CC(C)(c1ccccc1)c1cccs1. The molecule has 14 heavy (non-hydrogen) atoms. The minimum atomic E-state index is 0.134. The van der Waals surface area contributed by atoms with Crippen molar-refractivity contribution < 1.29 is 0 Å². The maximum atomic E-state index is 2.27. The van der Waals surface area contributed by atoms with Crippen LogP contribution in [0.2, 0.25) is 0 Å². The molecule has 0 spiro atoms. The number of hydrogen-bond acceptors (Lipinski definition) is 1. The molecular weight excluding hydrogens is 188 g/mol. The molecule has 0 N–H and O–H groups in total. The minimum absolute atomic E-state index is 0.134. The second-order valence-corrected chi connectivity index (χ2v) is 4.92. The predicted octanol–water partition coefficient (Wildman–Crippen LogP) is 4.07. The maximum absolute atomic E-state index is 2.27. The highest BCUT2D eigenvalue weighted by atomic mass is 32.1. The molecule has 0 saturated heterocycles. The van der Waals surface area contributed by atoms with Crippen LogP contribution in [-0.2, 0) is 5.41 Å². The van der Waals surface area contributed by atoms with Gasteiger partial charge in [-0.05, 0) is 17.0 Å². The molecule has 0 aliphatic rings. The van der Waals surface area contributed by atoms with Crippen molar-refractivity contribution in [3.8, 4) is 0 Å². The number of benzene rings is 1. The van der Waals surface area contributed by atoms with Crippen LogP contribution in [0.3, 0.4) is 0 Å². The lowest BCUT2D eigenvalue weighted by molar-refractivity contribution is 0.656. The molecule has 0 unspecified atom stereocenters. The van der Waals surface area contributed by atoms with E-state index in [4.69, 9.17) is 0 Å². The summed E-state index contributed by atoms with van der Waals surface area (Å²) in [6, 6.07) is 15.0. The molecule has 1 heteroatoms. The van der Waals surface area contributed by atoms with Crippen LogP contribution in [0.1, 0.15) is 24.3 Å². The second kappa shape index (κ2) is 3.58. The minimum Gasteiger partial charge on any atom is -0.148 e. The van der Waals surface area contributed by atoms with Crippen molar-refractivity contribution in [3.63, 3.8) is 0 Å². The summed E-state index contributed by atoms with van der Waals surface area (Å²) in [4.78, 5) is 1.42. The van der Waals surface area contributed by atoms with Crippen LogP contribution in [0.15, 0.2) is 47.8 Å². The highest BCUT2D eigenvalue weighted by Crippen LogP contribution is 2.33. The molecule has 0 atom stereocenters. The summed E-state index contributed by atoms with van der Waals surface area (Å²) >= 11 is 1.82. The molecule has 2 rings (SSSR count). The van der Waals surface area contributed by atoms with E-state index in [0.29, 0.717) is 0 Å². The molecule has 72 valence electrons. The zero-order valence-electron chi connectivity index (χ0n) is 8.53. The summed E-state index contributed by atoms with van der Waals surface area (Å²) in [5.41, 5.74) is 1.51. The fourth-order valence-corrected chi connectivity index (χ4v) is 2.50.